The van der Waals surface area contributed by atoms with Crippen LogP contribution in [0.25, 0.3) is 10.1 Å². The Morgan fingerprint density at radius 2 is 1.88 bits per heavy atom. The maximum atomic E-state index is 3.42. The van der Waals surface area contributed by atoms with E-state index in [9.17, 15) is 0 Å². The van der Waals surface area contributed by atoms with Gasteiger partial charge >= 0.3 is 0 Å². The van der Waals surface area contributed by atoms with E-state index in [-0.39, 0.29) is 12.4 Å². The molecule has 0 radical (unpaired) electrons. The SMILES string of the molecule is Cl.c1ccc2sc(C3CCNCC3)cc2c1. The fourth-order valence-electron chi connectivity index (χ4n) is 2.31. The molecule has 16 heavy (non-hydrogen) atoms. The van der Waals surface area contributed by atoms with Crippen LogP contribution in [0.3, 0.4) is 0 Å². The van der Waals surface area contributed by atoms with Crippen LogP contribution in [0, 0.1) is 0 Å². The number of rotatable bonds is 1. The molecule has 2 aromatic rings. The molecule has 0 amide bonds. The molecule has 0 saturated carbocycles. The van der Waals surface area contributed by atoms with Crippen molar-refractivity contribution >= 4 is 33.8 Å². The molecule has 0 aliphatic carbocycles. The van der Waals surface area contributed by atoms with Crippen LogP contribution in [-0.4, -0.2) is 13.1 Å². The van der Waals surface area contributed by atoms with E-state index in [4.69, 9.17) is 0 Å². The molecule has 1 saturated heterocycles. The number of hydrogen-bond acceptors (Lipinski definition) is 2. The van der Waals surface area contributed by atoms with Crippen molar-refractivity contribution in [3.8, 4) is 0 Å². The van der Waals surface area contributed by atoms with E-state index in [2.05, 4.69) is 35.6 Å². The lowest BCUT2D eigenvalue weighted by atomic mass is 9.96. The zero-order valence-electron chi connectivity index (χ0n) is 9.11. The summed E-state index contributed by atoms with van der Waals surface area (Å²) in [5.41, 5.74) is 0. The molecule has 1 N–H and O–H groups in total. The highest BCUT2D eigenvalue weighted by molar-refractivity contribution is 7.19. The highest BCUT2D eigenvalue weighted by Gasteiger charge is 2.16. The zero-order chi connectivity index (χ0) is 10.1. The molecule has 1 aliphatic rings. The maximum absolute atomic E-state index is 3.42. The molecule has 2 heterocycles. The van der Waals surface area contributed by atoms with Crippen LogP contribution in [0.1, 0.15) is 23.6 Å². The van der Waals surface area contributed by atoms with E-state index in [1.807, 2.05) is 11.3 Å². The van der Waals surface area contributed by atoms with Gasteiger partial charge in [0, 0.05) is 9.58 Å². The Morgan fingerprint density at radius 3 is 2.62 bits per heavy atom. The van der Waals surface area contributed by atoms with Crippen molar-refractivity contribution in [3.05, 3.63) is 35.2 Å². The molecule has 1 aromatic heterocycles. The molecule has 3 rings (SSSR count). The zero-order valence-corrected chi connectivity index (χ0v) is 10.7. The molecule has 86 valence electrons. The maximum Gasteiger partial charge on any atom is 0.0345 e. The molecular weight excluding hydrogens is 238 g/mol. The number of benzene rings is 1. The minimum absolute atomic E-state index is 0. The summed E-state index contributed by atoms with van der Waals surface area (Å²) in [6.07, 6.45) is 2.60. The molecule has 0 atom stereocenters. The van der Waals surface area contributed by atoms with Gasteiger partial charge in [-0.25, -0.2) is 0 Å². The van der Waals surface area contributed by atoms with E-state index in [1.165, 1.54) is 36.0 Å². The Morgan fingerprint density at radius 1 is 1.12 bits per heavy atom. The second-order valence-electron chi connectivity index (χ2n) is 4.21. The van der Waals surface area contributed by atoms with Crippen LogP contribution in [0.15, 0.2) is 30.3 Å². The summed E-state index contributed by atoms with van der Waals surface area (Å²) in [5, 5.41) is 4.84. The summed E-state index contributed by atoms with van der Waals surface area (Å²) in [5.74, 6) is 0.795. The van der Waals surface area contributed by atoms with Crippen LogP contribution in [0.4, 0.5) is 0 Å². The third-order valence-electron chi connectivity index (χ3n) is 3.19. The van der Waals surface area contributed by atoms with Crippen LogP contribution in [-0.2, 0) is 0 Å². The average molecular weight is 254 g/mol. The monoisotopic (exact) mass is 253 g/mol. The lowest BCUT2D eigenvalue weighted by molar-refractivity contribution is 0.465. The molecule has 1 aromatic carbocycles. The predicted octanol–water partition coefficient (Wildman–Crippen LogP) is 3.79. The largest absolute Gasteiger partial charge is 0.317 e. The van der Waals surface area contributed by atoms with Crippen LogP contribution < -0.4 is 5.32 Å². The van der Waals surface area contributed by atoms with E-state index >= 15 is 0 Å². The Bertz CT molecular complexity index is 427. The molecule has 1 nitrogen and oxygen atoms in total. The summed E-state index contributed by atoms with van der Waals surface area (Å²) in [4.78, 5) is 1.58. The average Bonchev–Trinajstić information content (AvgIpc) is 2.74. The van der Waals surface area contributed by atoms with Gasteiger partial charge in [-0.1, -0.05) is 18.2 Å². The molecule has 1 fully saturated rings. The molecule has 0 unspecified atom stereocenters. The van der Waals surface area contributed by atoms with Crippen LogP contribution >= 0.6 is 23.7 Å². The van der Waals surface area contributed by atoms with Crippen molar-refractivity contribution in [2.75, 3.05) is 13.1 Å². The summed E-state index contributed by atoms with van der Waals surface area (Å²) in [6.45, 7) is 2.36. The first-order chi connectivity index (χ1) is 7.43. The van der Waals surface area contributed by atoms with Gasteiger partial charge in [0.05, 0.1) is 0 Å². The summed E-state index contributed by atoms with van der Waals surface area (Å²) >= 11 is 1.98. The fourth-order valence-corrected chi connectivity index (χ4v) is 3.54. The molecule has 3 heteroatoms. The Balaban J connectivity index is 0.000000963. The van der Waals surface area contributed by atoms with Crippen molar-refractivity contribution in [1.29, 1.82) is 0 Å². The second-order valence-corrected chi connectivity index (χ2v) is 5.33. The number of thiophene rings is 1. The first kappa shape index (κ1) is 11.9. The molecular formula is C13H16ClNS. The Labute approximate surface area is 106 Å². The van der Waals surface area contributed by atoms with E-state index < -0.39 is 0 Å². The Kier molecular flexibility index (Phi) is 3.85. The van der Waals surface area contributed by atoms with Gasteiger partial charge in [-0.2, -0.15) is 0 Å². The quantitative estimate of drug-likeness (QED) is 0.816. The third kappa shape index (κ3) is 2.24. The highest BCUT2D eigenvalue weighted by atomic mass is 35.5. The van der Waals surface area contributed by atoms with Gasteiger partial charge in [-0.05, 0) is 49.4 Å². The van der Waals surface area contributed by atoms with Crippen molar-refractivity contribution < 1.29 is 0 Å². The third-order valence-corrected chi connectivity index (χ3v) is 4.46. The van der Waals surface area contributed by atoms with Gasteiger partial charge < -0.3 is 5.32 Å². The van der Waals surface area contributed by atoms with Gasteiger partial charge in [0.25, 0.3) is 0 Å². The normalized spacial score (nSPS) is 17.2. The lowest BCUT2D eigenvalue weighted by Crippen LogP contribution is -2.26. The van der Waals surface area contributed by atoms with Gasteiger partial charge in [-0.3, -0.25) is 0 Å². The smallest absolute Gasteiger partial charge is 0.0345 e. The second kappa shape index (κ2) is 5.17. The number of fused-ring (bicyclic) bond motifs is 1. The summed E-state index contributed by atoms with van der Waals surface area (Å²) in [7, 11) is 0. The Hall–Kier alpha value is -0.570. The number of halogens is 1. The van der Waals surface area contributed by atoms with Gasteiger partial charge in [0.2, 0.25) is 0 Å². The van der Waals surface area contributed by atoms with Crippen molar-refractivity contribution in [1.82, 2.24) is 5.32 Å². The number of nitrogens with one attached hydrogen (secondary N) is 1. The standard InChI is InChI=1S/C13H15NS.ClH/c1-2-4-12-11(3-1)9-13(15-12)10-5-7-14-8-6-10;/h1-4,9-10,14H,5-8H2;1H. The predicted molar refractivity (Wildman–Crippen MR) is 73.9 cm³/mol. The first-order valence-corrected chi connectivity index (χ1v) is 6.44. The first-order valence-electron chi connectivity index (χ1n) is 5.63. The van der Waals surface area contributed by atoms with Gasteiger partial charge in [0.1, 0.15) is 0 Å². The number of hydrogen-bond donors (Lipinski definition) is 1. The van der Waals surface area contributed by atoms with Gasteiger partial charge in [0.15, 0.2) is 0 Å². The van der Waals surface area contributed by atoms with Crippen molar-refractivity contribution in [3.63, 3.8) is 0 Å². The van der Waals surface area contributed by atoms with E-state index in [1.54, 1.807) is 4.88 Å². The fraction of sp³-hybridized carbons (Fsp3) is 0.385. The summed E-state index contributed by atoms with van der Waals surface area (Å²) in [6, 6.07) is 11.1. The van der Waals surface area contributed by atoms with Crippen LogP contribution in [0.5, 0.6) is 0 Å². The highest BCUT2D eigenvalue weighted by Crippen LogP contribution is 2.34. The van der Waals surface area contributed by atoms with Crippen molar-refractivity contribution in [2.24, 2.45) is 0 Å². The number of piperidine rings is 1. The summed E-state index contributed by atoms with van der Waals surface area (Å²) < 4.78 is 1.44. The van der Waals surface area contributed by atoms with E-state index in [0.29, 0.717) is 0 Å². The molecule has 0 spiro atoms. The van der Waals surface area contributed by atoms with E-state index in [0.717, 1.165) is 5.92 Å². The molecule has 1 aliphatic heterocycles. The topological polar surface area (TPSA) is 12.0 Å². The van der Waals surface area contributed by atoms with Crippen molar-refractivity contribution in [2.45, 2.75) is 18.8 Å². The molecule has 0 bridgehead atoms. The van der Waals surface area contributed by atoms with Crippen LogP contribution in [0.2, 0.25) is 0 Å². The minimum Gasteiger partial charge on any atom is -0.317 e. The lowest BCUT2D eigenvalue weighted by Gasteiger charge is -2.21. The minimum atomic E-state index is 0. The van der Waals surface area contributed by atoms with Gasteiger partial charge in [-0.15, -0.1) is 23.7 Å².